The Morgan fingerprint density at radius 1 is 1.10 bits per heavy atom. The monoisotopic (exact) mass is 277 g/mol. The van der Waals surface area contributed by atoms with Gasteiger partial charge in [-0.1, -0.05) is 18.2 Å². The lowest BCUT2D eigenvalue weighted by Gasteiger charge is -2.03. The maximum atomic E-state index is 5.57. The average molecular weight is 277 g/mol. The Kier molecular flexibility index (Phi) is 6.16. The van der Waals surface area contributed by atoms with E-state index >= 15 is 0 Å². The molecule has 0 atom stereocenters. The minimum atomic E-state index is 0.535. The standard InChI is InChI=1S/C14H19N3O3/c1-18-9-10-19-8-7-15-11-13-16-17-14(20-13)12-5-3-2-4-6-12/h2-6,15H,7-11H2,1H3. The Balaban J connectivity index is 1.69. The van der Waals surface area contributed by atoms with Gasteiger partial charge in [-0.2, -0.15) is 0 Å². The van der Waals surface area contributed by atoms with Crippen LogP contribution in [0.5, 0.6) is 0 Å². The van der Waals surface area contributed by atoms with Crippen LogP contribution >= 0.6 is 0 Å². The zero-order valence-electron chi connectivity index (χ0n) is 11.5. The van der Waals surface area contributed by atoms with Crippen LogP contribution in [0.1, 0.15) is 5.89 Å². The fourth-order valence-corrected chi connectivity index (χ4v) is 1.61. The molecule has 0 aliphatic carbocycles. The number of hydrogen-bond acceptors (Lipinski definition) is 6. The van der Waals surface area contributed by atoms with E-state index < -0.39 is 0 Å². The number of ether oxygens (including phenoxy) is 2. The molecule has 0 spiro atoms. The third kappa shape index (κ3) is 4.73. The molecule has 1 aromatic heterocycles. The van der Waals surface area contributed by atoms with Crippen LogP contribution in [0.25, 0.3) is 11.5 Å². The van der Waals surface area contributed by atoms with Crippen molar-refractivity contribution in [3.63, 3.8) is 0 Å². The molecular weight excluding hydrogens is 258 g/mol. The van der Waals surface area contributed by atoms with Crippen molar-refractivity contribution in [1.29, 1.82) is 0 Å². The number of methoxy groups -OCH3 is 1. The summed E-state index contributed by atoms with van der Waals surface area (Å²) in [6, 6.07) is 9.71. The summed E-state index contributed by atoms with van der Waals surface area (Å²) in [6.07, 6.45) is 0. The molecule has 0 aliphatic rings. The Morgan fingerprint density at radius 3 is 2.75 bits per heavy atom. The molecule has 0 bridgehead atoms. The molecule has 0 saturated carbocycles. The van der Waals surface area contributed by atoms with Gasteiger partial charge in [0.2, 0.25) is 11.8 Å². The van der Waals surface area contributed by atoms with Gasteiger partial charge in [0.25, 0.3) is 0 Å². The largest absolute Gasteiger partial charge is 0.419 e. The zero-order chi connectivity index (χ0) is 14.0. The predicted octanol–water partition coefficient (Wildman–Crippen LogP) is 1.49. The molecule has 108 valence electrons. The lowest BCUT2D eigenvalue weighted by atomic mass is 10.2. The number of benzene rings is 1. The molecule has 0 radical (unpaired) electrons. The summed E-state index contributed by atoms with van der Waals surface area (Å²) >= 11 is 0. The van der Waals surface area contributed by atoms with E-state index in [1.165, 1.54) is 0 Å². The van der Waals surface area contributed by atoms with Crippen molar-refractivity contribution in [2.45, 2.75) is 6.54 Å². The molecule has 6 nitrogen and oxygen atoms in total. The molecule has 20 heavy (non-hydrogen) atoms. The number of aromatic nitrogens is 2. The van der Waals surface area contributed by atoms with Crippen molar-refractivity contribution in [1.82, 2.24) is 15.5 Å². The Hall–Kier alpha value is -1.76. The minimum absolute atomic E-state index is 0.535. The van der Waals surface area contributed by atoms with Gasteiger partial charge in [0.1, 0.15) is 0 Å². The maximum absolute atomic E-state index is 5.57. The molecule has 1 N–H and O–H groups in total. The topological polar surface area (TPSA) is 69.4 Å². The zero-order valence-corrected chi connectivity index (χ0v) is 11.5. The summed E-state index contributed by atoms with van der Waals surface area (Å²) in [7, 11) is 1.65. The summed E-state index contributed by atoms with van der Waals surface area (Å²) in [5, 5.41) is 11.2. The molecular formula is C14H19N3O3. The summed E-state index contributed by atoms with van der Waals surface area (Å²) in [4.78, 5) is 0. The van der Waals surface area contributed by atoms with Crippen LogP contribution < -0.4 is 5.32 Å². The first-order valence-corrected chi connectivity index (χ1v) is 6.55. The van der Waals surface area contributed by atoms with Gasteiger partial charge in [-0.15, -0.1) is 10.2 Å². The van der Waals surface area contributed by atoms with Crippen molar-refractivity contribution < 1.29 is 13.9 Å². The predicted molar refractivity (Wildman–Crippen MR) is 74.1 cm³/mol. The van der Waals surface area contributed by atoms with Gasteiger partial charge < -0.3 is 19.2 Å². The number of rotatable bonds is 9. The van der Waals surface area contributed by atoms with Gasteiger partial charge in [0.15, 0.2) is 0 Å². The van der Waals surface area contributed by atoms with Crippen LogP contribution in [0.2, 0.25) is 0 Å². The maximum Gasteiger partial charge on any atom is 0.247 e. The third-order valence-electron chi connectivity index (χ3n) is 2.62. The SMILES string of the molecule is COCCOCCNCc1nnc(-c2ccccc2)o1. The quantitative estimate of drug-likeness (QED) is 0.700. The number of nitrogens with zero attached hydrogens (tertiary/aromatic N) is 2. The normalized spacial score (nSPS) is 10.8. The summed E-state index contributed by atoms with van der Waals surface area (Å²) in [6.45, 7) is 3.12. The van der Waals surface area contributed by atoms with E-state index in [1.54, 1.807) is 7.11 Å². The first kappa shape index (κ1) is 14.6. The average Bonchev–Trinajstić information content (AvgIpc) is 2.96. The van der Waals surface area contributed by atoms with E-state index in [2.05, 4.69) is 15.5 Å². The van der Waals surface area contributed by atoms with Gasteiger partial charge in [-0.3, -0.25) is 0 Å². The van der Waals surface area contributed by atoms with Crippen LogP contribution in [0, 0.1) is 0 Å². The number of nitrogens with one attached hydrogen (secondary N) is 1. The fraction of sp³-hybridized carbons (Fsp3) is 0.429. The van der Waals surface area contributed by atoms with Crippen molar-refractivity contribution in [3.8, 4) is 11.5 Å². The molecule has 1 heterocycles. The molecule has 2 aromatic rings. The summed E-state index contributed by atoms with van der Waals surface area (Å²) < 4.78 is 15.8. The van der Waals surface area contributed by atoms with Gasteiger partial charge in [0, 0.05) is 19.2 Å². The second kappa shape index (κ2) is 8.42. The highest BCUT2D eigenvalue weighted by Crippen LogP contribution is 2.16. The van der Waals surface area contributed by atoms with Gasteiger partial charge in [0.05, 0.1) is 26.4 Å². The van der Waals surface area contributed by atoms with Gasteiger partial charge in [-0.25, -0.2) is 0 Å². The van der Waals surface area contributed by atoms with Crippen molar-refractivity contribution in [2.75, 3.05) is 33.5 Å². The van der Waals surface area contributed by atoms with E-state index in [0.717, 1.165) is 12.1 Å². The molecule has 0 saturated heterocycles. The first-order chi connectivity index (χ1) is 9.90. The highest BCUT2D eigenvalue weighted by atomic mass is 16.5. The first-order valence-electron chi connectivity index (χ1n) is 6.55. The highest BCUT2D eigenvalue weighted by Gasteiger charge is 2.07. The fourth-order valence-electron chi connectivity index (χ4n) is 1.61. The van der Waals surface area contributed by atoms with E-state index in [9.17, 15) is 0 Å². The summed E-state index contributed by atoms with van der Waals surface area (Å²) in [5.41, 5.74) is 0.925. The van der Waals surface area contributed by atoms with Crippen molar-refractivity contribution in [2.24, 2.45) is 0 Å². The molecule has 0 unspecified atom stereocenters. The van der Waals surface area contributed by atoms with Crippen LogP contribution in [-0.4, -0.2) is 43.7 Å². The van der Waals surface area contributed by atoms with Crippen LogP contribution in [0.4, 0.5) is 0 Å². The summed E-state index contributed by atoms with van der Waals surface area (Å²) in [5.74, 6) is 1.11. The smallest absolute Gasteiger partial charge is 0.247 e. The number of hydrogen-bond donors (Lipinski definition) is 1. The lowest BCUT2D eigenvalue weighted by Crippen LogP contribution is -2.20. The molecule has 2 rings (SSSR count). The van der Waals surface area contributed by atoms with Crippen LogP contribution in [-0.2, 0) is 16.0 Å². The van der Waals surface area contributed by atoms with Crippen molar-refractivity contribution >= 4 is 0 Å². The van der Waals surface area contributed by atoms with E-state index in [-0.39, 0.29) is 0 Å². The van der Waals surface area contributed by atoms with Gasteiger partial charge in [-0.05, 0) is 12.1 Å². The second-order valence-electron chi connectivity index (χ2n) is 4.15. The molecule has 0 aliphatic heterocycles. The molecule has 0 amide bonds. The second-order valence-corrected chi connectivity index (χ2v) is 4.15. The highest BCUT2D eigenvalue weighted by molar-refractivity contribution is 5.51. The Bertz CT molecular complexity index is 487. The van der Waals surface area contributed by atoms with E-state index in [1.807, 2.05) is 30.3 Å². The Morgan fingerprint density at radius 2 is 1.95 bits per heavy atom. The van der Waals surface area contributed by atoms with Crippen LogP contribution in [0.15, 0.2) is 34.7 Å². The Labute approximate surface area is 118 Å². The third-order valence-corrected chi connectivity index (χ3v) is 2.62. The molecule has 6 heteroatoms. The minimum Gasteiger partial charge on any atom is -0.419 e. The van der Waals surface area contributed by atoms with Crippen LogP contribution in [0.3, 0.4) is 0 Å². The van der Waals surface area contributed by atoms with Gasteiger partial charge >= 0.3 is 0 Å². The van der Waals surface area contributed by atoms with Crippen molar-refractivity contribution in [3.05, 3.63) is 36.2 Å². The molecule has 1 aromatic carbocycles. The molecule has 0 fully saturated rings. The van der Waals surface area contributed by atoms with E-state index in [0.29, 0.717) is 38.1 Å². The lowest BCUT2D eigenvalue weighted by molar-refractivity contribution is 0.0717. The van der Waals surface area contributed by atoms with E-state index in [4.69, 9.17) is 13.9 Å².